The van der Waals surface area contributed by atoms with E-state index in [1.54, 1.807) is 0 Å². The summed E-state index contributed by atoms with van der Waals surface area (Å²) in [5.74, 6) is 6.79. The molecule has 3 nitrogen and oxygen atoms in total. The molecule has 0 spiro atoms. The first kappa shape index (κ1) is 14.6. The molecule has 0 aromatic heterocycles. The average Bonchev–Trinajstić information content (AvgIpc) is 3.17. The monoisotopic (exact) mass is 271 g/mol. The Hall–Kier alpha value is -1.79. The molecule has 106 valence electrons. The second-order valence-electron chi connectivity index (χ2n) is 5.45. The Morgan fingerprint density at radius 2 is 2.10 bits per heavy atom. The lowest BCUT2D eigenvalue weighted by atomic mass is 10.1. The minimum absolute atomic E-state index is 0.0229. The van der Waals surface area contributed by atoms with Gasteiger partial charge in [-0.25, -0.2) is 0 Å². The van der Waals surface area contributed by atoms with Crippen LogP contribution >= 0.6 is 0 Å². The molecule has 1 amide bonds. The molecule has 1 fully saturated rings. The first-order valence-corrected chi connectivity index (χ1v) is 7.12. The van der Waals surface area contributed by atoms with Crippen LogP contribution in [0.2, 0.25) is 0 Å². The van der Waals surface area contributed by atoms with E-state index in [0.29, 0.717) is 12.3 Å². The summed E-state index contributed by atoms with van der Waals surface area (Å²) in [7, 11) is 0. The predicted octanol–water partition coefficient (Wildman–Crippen LogP) is 2.25. The second kappa shape index (κ2) is 6.58. The predicted molar refractivity (Wildman–Crippen MR) is 78.9 cm³/mol. The Kier molecular flexibility index (Phi) is 4.81. The summed E-state index contributed by atoms with van der Waals surface area (Å²) in [6.45, 7) is 4.19. The third-order valence-electron chi connectivity index (χ3n) is 3.69. The fourth-order valence-electron chi connectivity index (χ4n) is 2.17. The zero-order chi connectivity index (χ0) is 14.5. The summed E-state index contributed by atoms with van der Waals surface area (Å²) >= 11 is 0. The number of hydrogen-bond donors (Lipinski definition) is 2. The number of benzene rings is 1. The van der Waals surface area contributed by atoms with Crippen molar-refractivity contribution in [3.05, 3.63) is 35.4 Å². The van der Waals surface area contributed by atoms with E-state index in [1.165, 1.54) is 0 Å². The number of nitrogens with one attached hydrogen (secondary N) is 1. The van der Waals surface area contributed by atoms with E-state index in [9.17, 15) is 4.79 Å². The highest BCUT2D eigenvalue weighted by Gasteiger charge is 2.39. The first-order chi connectivity index (χ1) is 9.61. The third kappa shape index (κ3) is 3.85. The van der Waals surface area contributed by atoms with Crippen LogP contribution < -0.4 is 5.32 Å². The van der Waals surface area contributed by atoms with Crippen LogP contribution in [0.5, 0.6) is 0 Å². The van der Waals surface area contributed by atoms with Gasteiger partial charge in [0.15, 0.2) is 0 Å². The van der Waals surface area contributed by atoms with Gasteiger partial charge in [0.05, 0.1) is 12.6 Å². The maximum Gasteiger partial charge on any atom is 0.223 e. The van der Waals surface area contributed by atoms with Gasteiger partial charge < -0.3 is 10.4 Å². The van der Waals surface area contributed by atoms with Crippen molar-refractivity contribution in [3.63, 3.8) is 0 Å². The van der Waals surface area contributed by atoms with E-state index in [1.807, 2.05) is 31.2 Å². The van der Waals surface area contributed by atoms with Crippen molar-refractivity contribution < 1.29 is 9.90 Å². The van der Waals surface area contributed by atoms with Crippen molar-refractivity contribution in [1.29, 1.82) is 0 Å². The minimum atomic E-state index is 0.0229. The van der Waals surface area contributed by atoms with Gasteiger partial charge in [-0.2, -0.15) is 0 Å². The number of rotatable bonds is 4. The number of amides is 1. The molecule has 3 atom stereocenters. The Bertz CT molecular complexity index is 524. The molecule has 1 aliphatic rings. The molecule has 1 saturated carbocycles. The minimum Gasteiger partial charge on any atom is -0.395 e. The molecule has 20 heavy (non-hydrogen) atoms. The van der Waals surface area contributed by atoms with Gasteiger partial charge in [-0.05, 0) is 37.0 Å². The molecule has 3 unspecified atom stereocenters. The van der Waals surface area contributed by atoms with Crippen LogP contribution in [0.25, 0.3) is 0 Å². The summed E-state index contributed by atoms with van der Waals surface area (Å²) in [5, 5.41) is 11.7. The number of hydrogen-bond acceptors (Lipinski definition) is 2. The van der Waals surface area contributed by atoms with Crippen LogP contribution in [0.15, 0.2) is 24.3 Å². The molecule has 1 aromatic rings. The van der Waals surface area contributed by atoms with Gasteiger partial charge in [-0.3, -0.25) is 4.79 Å². The quantitative estimate of drug-likeness (QED) is 0.825. The largest absolute Gasteiger partial charge is 0.395 e. The van der Waals surface area contributed by atoms with Crippen molar-refractivity contribution in [3.8, 4) is 11.8 Å². The normalized spacial score (nSPS) is 21.6. The van der Waals surface area contributed by atoms with Crippen molar-refractivity contribution in [1.82, 2.24) is 5.32 Å². The molecule has 2 N–H and O–H groups in total. The van der Waals surface area contributed by atoms with E-state index in [4.69, 9.17) is 5.11 Å². The topological polar surface area (TPSA) is 49.3 Å². The van der Waals surface area contributed by atoms with E-state index in [-0.39, 0.29) is 24.5 Å². The van der Waals surface area contributed by atoms with Gasteiger partial charge in [-0.15, -0.1) is 0 Å². The molecule has 1 aliphatic carbocycles. The van der Waals surface area contributed by atoms with Gasteiger partial charge >= 0.3 is 0 Å². The van der Waals surface area contributed by atoms with Crippen molar-refractivity contribution >= 4 is 5.91 Å². The maximum absolute atomic E-state index is 11.9. The van der Waals surface area contributed by atoms with Crippen LogP contribution in [0.4, 0.5) is 0 Å². The van der Waals surface area contributed by atoms with Crippen LogP contribution in [0.1, 0.15) is 43.9 Å². The van der Waals surface area contributed by atoms with E-state index in [0.717, 1.165) is 17.5 Å². The number of aliphatic hydroxyl groups excluding tert-OH is 1. The SMILES string of the molecule is CC(NC(=O)C1CC1C)c1ccc(C#CCCO)cc1. The lowest BCUT2D eigenvalue weighted by Crippen LogP contribution is -2.28. The molecular weight excluding hydrogens is 250 g/mol. The van der Waals surface area contributed by atoms with Gasteiger partial charge in [0.1, 0.15) is 0 Å². The van der Waals surface area contributed by atoms with Gasteiger partial charge in [0.25, 0.3) is 0 Å². The summed E-state index contributed by atoms with van der Waals surface area (Å²) in [4.78, 5) is 11.9. The van der Waals surface area contributed by atoms with Crippen LogP contribution in [0.3, 0.4) is 0 Å². The molecule has 3 heteroatoms. The molecule has 0 heterocycles. The third-order valence-corrected chi connectivity index (χ3v) is 3.69. The average molecular weight is 271 g/mol. The Labute approximate surface area is 120 Å². The van der Waals surface area contributed by atoms with E-state index >= 15 is 0 Å². The Morgan fingerprint density at radius 3 is 2.65 bits per heavy atom. The molecule has 2 rings (SSSR count). The highest BCUT2D eigenvalue weighted by Crippen LogP contribution is 2.38. The maximum atomic E-state index is 11.9. The van der Waals surface area contributed by atoms with Gasteiger partial charge in [-0.1, -0.05) is 30.9 Å². The number of aliphatic hydroxyl groups is 1. The smallest absolute Gasteiger partial charge is 0.223 e. The van der Waals surface area contributed by atoms with E-state index in [2.05, 4.69) is 24.1 Å². The molecule has 1 aromatic carbocycles. The number of carbonyl (C=O) groups is 1. The summed E-state index contributed by atoms with van der Waals surface area (Å²) in [6.07, 6.45) is 1.51. The fourth-order valence-corrected chi connectivity index (χ4v) is 2.17. The lowest BCUT2D eigenvalue weighted by Gasteiger charge is -2.14. The molecule has 0 radical (unpaired) electrons. The Morgan fingerprint density at radius 1 is 1.45 bits per heavy atom. The molecule has 0 saturated heterocycles. The van der Waals surface area contributed by atoms with Crippen molar-refractivity contribution in [2.75, 3.05) is 6.61 Å². The highest BCUT2D eigenvalue weighted by atomic mass is 16.2. The van der Waals surface area contributed by atoms with Crippen molar-refractivity contribution in [2.45, 2.75) is 32.7 Å². The lowest BCUT2D eigenvalue weighted by molar-refractivity contribution is -0.123. The van der Waals surface area contributed by atoms with Crippen LogP contribution in [-0.4, -0.2) is 17.6 Å². The molecule has 0 bridgehead atoms. The summed E-state index contributed by atoms with van der Waals surface area (Å²) < 4.78 is 0. The van der Waals surface area contributed by atoms with Crippen molar-refractivity contribution in [2.24, 2.45) is 11.8 Å². The van der Waals surface area contributed by atoms with E-state index < -0.39 is 0 Å². The number of carbonyl (C=O) groups excluding carboxylic acids is 1. The van der Waals surface area contributed by atoms with Crippen LogP contribution in [-0.2, 0) is 4.79 Å². The first-order valence-electron chi connectivity index (χ1n) is 7.12. The van der Waals surface area contributed by atoms with Crippen LogP contribution in [0, 0.1) is 23.7 Å². The van der Waals surface area contributed by atoms with Gasteiger partial charge in [0.2, 0.25) is 5.91 Å². The highest BCUT2D eigenvalue weighted by molar-refractivity contribution is 5.81. The fraction of sp³-hybridized carbons (Fsp3) is 0.471. The van der Waals surface area contributed by atoms with Gasteiger partial charge in [0, 0.05) is 17.9 Å². The summed E-state index contributed by atoms with van der Waals surface area (Å²) in [6, 6.07) is 7.90. The standard InChI is InChI=1S/C17H21NO2/c1-12-11-16(12)17(20)18-13(2)15-8-6-14(7-9-15)5-3-4-10-19/h6-9,12-13,16,19H,4,10-11H2,1-2H3,(H,18,20). The second-order valence-corrected chi connectivity index (χ2v) is 5.45. The zero-order valence-electron chi connectivity index (χ0n) is 12.0. The molecule has 0 aliphatic heterocycles. The summed E-state index contributed by atoms with van der Waals surface area (Å²) in [5.41, 5.74) is 2.01. The zero-order valence-corrected chi connectivity index (χ0v) is 12.0. The Balaban J connectivity index is 1.92. The molecular formula is C17H21NO2.